The second-order valence-corrected chi connectivity index (χ2v) is 11.1. The lowest BCUT2D eigenvalue weighted by molar-refractivity contribution is -0.145. The molecule has 0 amide bonds. The maximum atomic E-state index is 12.4. The SMILES string of the molecule is COC(=O)[C@H](Cc1ccc(OC(=O)OCC(C)C)c(OC(=O)OCC(C)C)c1)NCCOC(=O)CC(C)(C)C. The Morgan fingerprint density at radius 1 is 0.846 bits per heavy atom. The highest BCUT2D eigenvalue weighted by atomic mass is 16.7. The third-order valence-electron chi connectivity index (χ3n) is 4.82. The van der Waals surface area contributed by atoms with E-state index in [0.29, 0.717) is 5.56 Å². The van der Waals surface area contributed by atoms with Gasteiger partial charge in [-0.25, -0.2) is 9.59 Å². The lowest BCUT2D eigenvalue weighted by Crippen LogP contribution is -2.41. The molecule has 11 nitrogen and oxygen atoms in total. The van der Waals surface area contributed by atoms with Crippen molar-refractivity contribution in [3.05, 3.63) is 23.8 Å². The summed E-state index contributed by atoms with van der Waals surface area (Å²) in [5.74, 6) is -0.804. The van der Waals surface area contributed by atoms with Gasteiger partial charge >= 0.3 is 24.2 Å². The van der Waals surface area contributed by atoms with Crippen molar-refractivity contribution in [1.29, 1.82) is 0 Å². The molecule has 0 fully saturated rings. The molecule has 0 radical (unpaired) electrons. The smallest absolute Gasteiger partial charge is 0.468 e. The number of nitrogens with one attached hydrogen (secondary N) is 1. The topological polar surface area (TPSA) is 136 Å². The van der Waals surface area contributed by atoms with Crippen LogP contribution in [0.4, 0.5) is 9.59 Å². The minimum atomic E-state index is -0.971. The van der Waals surface area contributed by atoms with Gasteiger partial charge in [-0.3, -0.25) is 9.59 Å². The molecule has 1 atom stereocenters. The minimum absolute atomic E-state index is 0.0534. The first-order valence-corrected chi connectivity index (χ1v) is 13.0. The van der Waals surface area contributed by atoms with Crippen LogP contribution in [-0.4, -0.2) is 63.8 Å². The summed E-state index contributed by atoms with van der Waals surface area (Å²) >= 11 is 0. The van der Waals surface area contributed by atoms with Gasteiger partial charge in [0.25, 0.3) is 0 Å². The van der Waals surface area contributed by atoms with E-state index in [9.17, 15) is 19.2 Å². The van der Waals surface area contributed by atoms with E-state index in [1.165, 1.54) is 19.2 Å². The highest BCUT2D eigenvalue weighted by Crippen LogP contribution is 2.30. The predicted octanol–water partition coefficient (Wildman–Crippen LogP) is 4.68. The van der Waals surface area contributed by atoms with Gasteiger partial charge in [0.15, 0.2) is 11.5 Å². The van der Waals surface area contributed by atoms with Crippen molar-refractivity contribution in [3.63, 3.8) is 0 Å². The standard InChI is InChI=1S/C28H43NO10/c1-18(2)16-36-26(32)38-22-10-9-20(14-23(22)39-27(33)37-17-19(3)4)13-21(25(31)34-8)29-11-12-35-24(30)15-28(5,6)7/h9-10,14,18-19,21,29H,11-13,15-17H2,1-8H3/t21-/m0/s1. The molecule has 0 saturated carbocycles. The van der Waals surface area contributed by atoms with E-state index in [1.54, 1.807) is 6.07 Å². The summed E-state index contributed by atoms with van der Waals surface area (Å²) in [7, 11) is 1.26. The molecule has 1 N–H and O–H groups in total. The molecule has 0 spiro atoms. The van der Waals surface area contributed by atoms with Crippen LogP contribution in [0.5, 0.6) is 11.5 Å². The summed E-state index contributed by atoms with van der Waals surface area (Å²) in [6.45, 7) is 13.9. The summed E-state index contributed by atoms with van der Waals surface area (Å²) in [6.07, 6.45) is -1.51. The van der Waals surface area contributed by atoms with Crippen LogP contribution in [-0.2, 0) is 35.0 Å². The van der Waals surface area contributed by atoms with Gasteiger partial charge in [0.1, 0.15) is 12.6 Å². The Balaban J connectivity index is 2.98. The molecular weight excluding hydrogens is 510 g/mol. The van der Waals surface area contributed by atoms with E-state index < -0.39 is 24.3 Å². The molecule has 220 valence electrons. The van der Waals surface area contributed by atoms with E-state index in [-0.39, 0.29) is 73.9 Å². The minimum Gasteiger partial charge on any atom is -0.468 e. The maximum absolute atomic E-state index is 12.4. The van der Waals surface area contributed by atoms with E-state index in [1.807, 2.05) is 48.5 Å². The first-order valence-electron chi connectivity index (χ1n) is 13.0. The monoisotopic (exact) mass is 553 g/mol. The van der Waals surface area contributed by atoms with Crippen LogP contribution in [0, 0.1) is 17.3 Å². The third-order valence-corrected chi connectivity index (χ3v) is 4.82. The fourth-order valence-corrected chi connectivity index (χ4v) is 3.05. The van der Waals surface area contributed by atoms with Crippen LogP contribution < -0.4 is 14.8 Å². The molecule has 0 bridgehead atoms. The Kier molecular flexibility index (Phi) is 14.3. The maximum Gasteiger partial charge on any atom is 0.513 e. The third kappa shape index (κ3) is 15.0. The second kappa shape index (κ2) is 16.6. The average molecular weight is 554 g/mol. The summed E-state index contributed by atoms with van der Waals surface area (Å²) < 4.78 is 30.8. The van der Waals surface area contributed by atoms with Crippen molar-refractivity contribution in [2.24, 2.45) is 17.3 Å². The lowest BCUT2D eigenvalue weighted by atomic mass is 9.93. The van der Waals surface area contributed by atoms with Crippen molar-refractivity contribution in [2.75, 3.05) is 33.5 Å². The zero-order valence-corrected chi connectivity index (χ0v) is 24.3. The van der Waals surface area contributed by atoms with E-state index in [2.05, 4.69) is 5.32 Å². The molecule has 0 aliphatic heterocycles. The normalized spacial score (nSPS) is 12.1. The van der Waals surface area contributed by atoms with Crippen molar-refractivity contribution >= 4 is 24.2 Å². The van der Waals surface area contributed by atoms with Crippen molar-refractivity contribution in [1.82, 2.24) is 5.32 Å². The van der Waals surface area contributed by atoms with E-state index in [4.69, 9.17) is 28.4 Å². The molecule has 1 aromatic carbocycles. The largest absolute Gasteiger partial charge is 0.513 e. The number of benzene rings is 1. The number of hydrogen-bond acceptors (Lipinski definition) is 11. The molecule has 1 rings (SSSR count). The number of carbonyl (C=O) groups excluding carboxylic acids is 4. The van der Waals surface area contributed by atoms with Crippen molar-refractivity contribution < 1.29 is 47.6 Å². The molecule has 0 heterocycles. The molecule has 11 heteroatoms. The predicted molar refractivity (Wildman–Crippen MR) is 143 cm³/mol. The zero-order valence-electron chi connectivity index (χ0n) is 24.3. The van der Waals surface area contributed by atoms with Crippen molar-refractivity contribution in [2.45, 2.75) is 67.3 Å². The van der Waals surface area contributed by atoms with Gasteiger partial charge in [0.05, 0.1) is 26.7 Å². The fourth-order valence-electron chi connectivity index (χ4n) is 3.05. The van der Waals surface area contributed by atoms with Gasteiger partial charge in [-0.2, -0.15) is 0 Å². The van der Waals surface area contributed by atoms with Gasteiger partial charge in [0.2, 0.25) is 0 Å². The Morgan fingerprint density at radius 3 is 1.92 bits per heavy atom. The number of hydrogen-bond donors (Lipinski definition) is 1. The number of carbonyl (C=O) groups is 4. The van der Waals surface area contributed by atoms with Gasteiger partial charge in [0, 0.05) is 6.54 Å². The number of methoxy groups -OCH3 is 1. The molecular formula is C28H43NO10. The first-order chi connectivity index (χ1) is 18.2. The quantitative estimate of drug-likeness (QED) is 0.149. The number of rotatable bonds is 14. The van der Waals surface area contributed by atoms with E-state index >= 15 is 0 Å². The highest BCUT2D eigenvalue weighted by Gasteiger charge is 2.23. The number of ether oxygens (including phenoxy) is 6. The van der Waals surface area contributed by atoms with Gasteiger partial charge in [-0.1, -0.05) is 54.5 Å². The Hall–Kier alpha value is -3.34. The second-order valence-electron chi connectivity index (χ2n) is 11.1. The fraction of sp³-hybridized carbons (Fsp3) is 0.643. The Morgan fingerprint density at radius 2 is 1.41 bits per heavy atom. The summed E-state index contributed by atoms with van der Waals surface area (Å²) in [5, 5.41) is 3.01. The first kappa shape index (κ1) is 33.7. The van der Waals surface area contributed by atoms with Crippen LogP contribution in [0.15, 0.2) is 18.2 Å². The van der Waals surface area contributed by atoms with Crippen LogP contribution in [0.3, 0.4) is 0 Å². The van der Waals surface area contributed by atoms with Crippen LogP contribution in [0.1, 0.15) is 60.5 Å². The summed E-state index contributed by atoms with van der Waals surface area (Å²) in [4.78, 5) is 48.7. The molecule has 1 aromatic rings. The molecule has 0 aliphatic carbocycles. The summed E-state index contributed by atoms with van der Waals surface area (Å²) in [6, 6.07) is 3.71. The van der Waals surface area contributed by atoms with E-state index in [0.717, 1.165) is 0 Å². The average Bonchev–Trinajstić information content (AvgIpc) is 2.83. The van der Waals surface area contributed by atoms with Crippen LogP contribution >= 0.6 is 0 Å². The lowest BCUT2D eigenvalue weighted by Gasteiger charge is -2.19. The summed E-state index contributed by atoms with van der Waals surface area (Å²) in [5.41, 5.74) is 0.373. The van der Waals surface area contributed by atoms with Gasteiger partial charge in [-0.15, -0.1) is 0 Å². The van der Waals surface area contributed by atoms with Crippen LogP contribution in [0.2, 0.25) is 0 Å². The molecule has 0 saturated heterocycles. The molecule has 39 heavy (non-hydrogen) atoms. The van der Waals surface area contributed by atoms with Gasteiger partial charge < -0.3 is 33.7 Å². The molecule has 0 aliphatic rings. The Labute approximate surface area is 230 Å². The Bertz CT molecular complexity index is 952. The molecule has 0 unspecified atom stereocenters. The van der Waals surface area contributed by atoms with Gasteiger partial charge in [-0.05, 0) is 41.4 Å². The highest BCUT2D eigenvalue weighted by molar-refractivity contribution is 5.76. The zero-order chi connectivity index (χ0) is 29.6. The molecule has 0 aromatic heterocycles. The van der Waals surface area contributed by atoms with Crippen LogP contribution in [0.25, 0.3) is 0 Å². The number of esters is 2. The van der Waals surface area contributed by atoms with Crippen molar-refractivity contribution in [3.8, 4) is 11.5 Å².